The van der Waals surface area contributed by atoms with Crippen molar-refractivity contribution in [1.29, 1.82) is 0 Å². The summed E-state index contributed by atoms with van der Waals surface area (Å²) < 4.78 is 18.7. The Balaban J connectivity index is 2.17. The Morgan fingerprint density at radius 3 is 2.94 bits per heavy atom. The van der Waals surface area contributed by atoms with E-state index in [-0.39, 0.29) is 5.82 Å². The highest BCUT2D eigenvalue weighted by Crippen LogP contribution is 2.32. The Labute approximate surface area is 99.2 Å². The number of ether oxygens (including phenoxy) is 1. The van der Waals surface area contributed by atoms with Crippen LogP contribution in [0.15, 0.2) is 12.3 Å². The highest BCUT2D eigenvalue weighted by molar-refractivity contribution is 6.30. The van der Waals surface area contributed by atoms with Crippen LogP contribution in [-0.4, -0.2) is 31.3 Å². The van der Waals surface area contributed by atoms with Crippen LogP contribution in [0.5, 0.6) is 0 Å². The number of methoxy groups -OCH3 is 1. The number of hydrogen-bond donors (Lipinski definition) is 0. The first-order valence-electron chi connectivity index (χ1n) is 5.29. The monoisotopic (exact) mass is 244 g/mol. The largest absolute Gasteiger partial charge is 0.383 e. The van der Waals surface area contributed by atoms with E-state index in [1.54, 1.807) is 7.11 Å². The number of aromatic nitrogens is 1. The number of rotatable bonds is 5. The minimum absolute atomic E-state index is 0.323. The Hall–Kier alpha value is -0.870. The first-order valence-corrected chi connectivity index (χ1v) is 5.67. The molecule has 88 valence electrons. The standard InChI is InChI=1S/C11H14ClFN2O/c1-16-5-4-15(9-2-3-9)11-10(13)6-8(12)7-14-11/h6-7,9H,2-5H2,1H3. The molecule has 1 heterocycles. The maximum atomic E-state index is 13.7. The van der Waals surface area contributed by atoms with Gasteiger partial charge < -0.3 is 9.64 Å². The third kappa shape index (κ3) is 2.62. The molecule has 1 saturated carbocycles. The van der Waals surface area contributed by atoms with Gasteiger partial charge in [0.15, 0.2) is 11.6 Å². The highest BCUT2D eigenvalue weighted by atomic mass is 35.5. The number of anilines is 1. The third-order valence-corrected chi connectivity index (χ3v) is 2.79. The van der Waals surface area contributed by atoms with Crippen LogP contribution in [0.25, 0.3) is 0 Å². The van der Waals surface area contributed by atoms with Crippen molar-refractivity contribution in [2.75, 3.05) is 25.2 Å². The predicted octanol–water partition coefficient (Wildman–Crippen LogP) is 2.49. The zero-order chi connectivity index (χ0) is 11.5. The summed E-state index contributed by atoms with van der Waals surface area (Å²) in [4.78, 5) is 6.01. The van der Waals surface area contributed by atoms with Gasteiger partial charge in [0.2, 0.25) is 0 Å². The molecule has 3 nitrogen and oxygen atoms in total. The third-order valence-electron chi connectivity index (χ3n) is 2.58. The Kier molecular flexibility index (Phi) is 3.61. The molecule has 0 unspecified atom stereocenters. The zero-order valence-corrected chi connectivity index (χ0v) is 9.88. The summed E-state index contributed by atoms with van der Waals surface area (Å²) in [6.45, 7) is 1.23. The normalized spacial score (nSPS) is 15.2. The second-order valence-electron chi connectivity index (χ2n) is 3.88. The summed E-state index contributed by atoms with van der Waals surface area (Å²) in [6, 6.07) is 1.70. The summed E-state index contributed by atoms with van der Waals surface area (Å²) in [5.41, 5.74) is 0. The van der Waals surface area contributed by atoms with E-state index in [2.05, 4.69) is 4.98 Å². The molecular formula is C11H14ClFN2O. The summed E-state index contributed by atoms with van der Waals surface area (Å²) in [6.07, 6.45) is 3.66. The summed E-state index contributed by atoms with van der Waals surface area (Å²) in [7, 11) is 1.64. The van der Waals surface area contributed by atoms with E-state index in [1.165, 1.54) is 12.3 Å². The number of nitrogens with zero attached hydrogens (tertiary/aromatic N) is 2. The van der Waals surface area contributed by atoms with Gasteiger partial charge in [-0.25, -0.2) is 9.37 Å². The molecule has 1 aromatic rings. The summed E-state index contributed by atoms with van der Waals surface area (Å²) in [5.74, 6) is 0.0134. The van der Waals surface area contributed by atoms with Crippen molar-refractivity contribution in [3.8, 4) is 0 Å². The fourth-order valence-electron chi connectivity index (χ4n) is 1.66. The number of halogens is 2. The average Bonchev–Trinajstić information content (AvgIpc) is 3.05. The van der Waals surface area contributed by atoms with E-state index in [1.807, 2.05) is 4.90 Å². The van der Waals surface area contributed by atoms with Gasteiger partial charge in [0.05, 0.1) is 11.6 Å². The molecule has 2 rings (SSSR count). The molecule has 0 radical (unpaired) electrons. The first kappa shape index (κ1) is 11.6. The van der Waals surface area contributed by atoms with E-state index >= 15 is 0 Å². The van der Waals surface area contributed by atoms with Crippen LogP contribution in [0, 0.1) is 5.82 Å². The van der Waals surface area contributed by atoms with E-state index < -0.39 is 0 Å². The summed E-state index contributed by atoms with van der Waals surface area (Å²) in [5, 5.41) is 0.323. The van der Waals surface area contributed by atoms with Crippen molar-refractivity contribution in [3.05, 3.63) is 23.1 Å². The van der Waals surface area contributed by atoms with Crippen LogP contribution in [0.4, 0.5) is 10.2 Å². The molecule has 0 amide bonds. The van der Waals surface area contributed by atoms with E-state index in [9.17, 15) is 4.39 Å². The SMILES string of the molecule is COCCN(c1ncc(Cl)cc1F)C1CC1. The molecule has 0 spiro atoms. The molecule has 1 fully saturated rings. The van der Waals surface area contributed by atoms with E-state index in [0.29, 0.717) is 30.0 Å². The van der Waals surface area contributed by atoms with Crippen molar-refractivity contribution in [2.24, 2.45) is 0 Å². The molecule has 0 saturated heterocycles. The maximum absolute atomic E-state index is 13.7. The van der Waals surface area contributed by atoms with Gasteiger partial charge in [0.25, 0.3) is 0 Å². The van der Waals surface area contributed by atoms with Crippen molar-refractivity contribution < 1.29 is 9.13 Å². The van der Waals surface area contributed by atoms with Gasteiger partial charge in [0.1, 0.15) is 0 Å². The lowest BCUT2D eigenvalue weighted by Crippen LogP contribution is -2.31. The lowest BCUT2D eigenvalue weighted by molar-refractivity contribution is 0.204. The average molecular weight is 245 g/mol. The van der Waals surface area contributed by atoms with Crippen LogP contribution in [0.2, 0.25) is 5.02 Å². The Morgan fingerprint density at radius 2 is 2.38 bits per heavy atom. The van der Waals surface area contributed by atoms with Gasteiger partial charge >= 0.3 is 0 Å². The lowest BCUT2D eigenvalue weighted by Gasteiger charge is -2.23. The molecule has 0 aromatic carbocycles. The first-order chi connectivity index (χ1) is 7.72. The van der Waals surface area contributed by atoms with Gasteiger partial charge in [-0.1, -0.05) is 11.6 Å². The minimum Gasteiger partial charge on any atom is -0.383 e. The molecule has 0 atom stereocenters. The number of pyridine rings is 1. The second-order valence-corrected chi connectivity index (χ2v) is 4.31. The smallest absolute Gasteiger partial charge is 0.167 e. The molecule has 0 bridgehead atoms. The molecule has 1 aromatic heterocycles. The van der Waals surface area contributed by atoms with Crippen LogP contribution in [0.1, 0.15) is 12.8 Å². The van der Waals surface area contributed by atoms with Crippen molar-refractivity contribution in [3.63, 3.8) is 0 Å². The highest BCUT2D eigenvalue weighted by Gasteiger charge is 2.31. The van der Waals surface area contributed by atoms with Crippen molar-refractivity contribution >= 4 is 17.4 Å². The van der Waals surface area contributed by atoms with Gasteiger partial charge in [-0.15, -0.1) is 0 Å². The quantitative estimate of drug-likeness (QED) is 0.796. The van der Waals surface area contributed by atoms with Crippen molar-refractivity contribution in [1.82, 2.24) is 4.98 Å². The van der Waals surface area contributed by atoms with E-state index in [4.69, 9.17) is 16.3 Å². The van der Waals surface area contributed by atoms with Crippen LogP contribution < -0.4 is 4.90 Å². The number of hydrogen-bond acceptors (Lipinski definition) is 3. The minimum atomic E-state index is -0.365. The molecule has 16 heavy (non-hydrogen) atoms. The topological polar surface area (TPSA) is 25.4 Å². The molecule has 1 aliphatic carbocycles. The fourth-order valence-corrected chi connectivity index (χ4v) is 1.80. The zero-order valence-electron chi connectivity index (χ0n) is 9.12. The van der Waals surface area contributed by atoms with Gasteiger partial charge in [-0.05, 0) is 18.9 Å². The molecule has 1 aliphatic rings. The molecule has 5 heteroatoms. The molecule has 0 aliphatic heterocycles. The fraction of sp³-hybridized carbons (Fsp3) is 0.545. The van der Waals surface area contributed by atoms with Crippen molar-refractivity contribution in [2.45, 2.75) is 18.9 Å². The van der Waals surface area contributed by atoms with Gasteiger partial charge in [0, 0.05) is 25.9 Å². The second kappa shape index (κ2) is 4.97. The van der Waals surface area contributed by atoms with Crippen LogP contribution >= 0.6 is 11.6 Å². The van der Waals surface area contributed by atoms with E-state index in [0.717, 1.165) is 12.8 Å². The van der Waals surface area contributed by atoms with Gasteiger partial charge in [-0.3, -0.25) is 0 Å². The lowest BCUT2D eigenvalue weighted by atomic mass is 10.3. The van der Waals surface area contributed by atoms with Crippen LogP contribution in [-0.2, 0) is 4.74 Å². The summed E-state index contributed by atoms with van der Waals surface area (Å²) >= 11 is 5.68. The molecular weight excluding hydrogens is 231 g/mol. The van der Waals surface area contributed by atoms with Gasteiger partial charge in [-0.2, -0.15) is 0 Å². The maximum Gasteiger partial charge on any atom is 0.167 e. The van der Waals surface area contributed by atoms with Crippen LogP contribution in [0.3, 0.4) is 0 Å². The molecule has 0 N–H and O–H groups in total. The Morgan fingerprint density at radius 1 is 1.62 bits per heavy atom. The predicted molar refractivity (Wildman–Crippen MR) is 61.4 cm³/mol. The Bertz CT molecular complexity index is 371.